The smallest absolute Gasteiger partial charge is 0.0813 e. The average molecular weight is 254 g/mol. The van der Waals surface area contributed by atoms with Gasteiger partial charge in [0, 0.05) is 11.4 Å². The summed E-state index contributed by atoms with van der Waals surface area (Å²) >= 11 is 1.67. The Morgan fingerprint density at radius 1 is 1.06 bits per heavy atom. The van der Waals surface area contributed by atoms with Gasteiger partial charge < -0.3 is 5.32 Å². The minimum absolute atomic E-state index is 1.06. The van der Waals surface area contributed by atoms with Crippen molar-refractivity contribution in [3.63, 3.8) is 0 Å². The highest BCUT2D eigenvalue weighted by atomic mass is 32.1. The van der Waals surface area contributed by atoms with Crippen LogP contribution in [0.15, 0.2) is 48.0 Å². The third-order valence-electron chi connectivity index (χ3n) is 2.98. The Kier molecular flexibility index (Phi) is 2.99. The van der Waals surface area contributed by atoms with Gasteiger partial charge in [0.2, 0.25) is 0 Å². The van der Waals surface area contributed by atoms with Gasteiger partial charge in [0.15, 0.2) is 0 Å². The van der Waals surface area contributed by atoms with E-state index in [9.17, 15) is 0 Å². The number of hydrogen-bond donors (Lipinski definition) is 1. The first-order valence-corrected chi connectivity index (χ1v) is 6.92. The van der Waals surface area contributed by atoms with Crippen LogP contribution in [0.2, 0.25) is 0 Å². The fourth-order valence-electron chi connectivity index (χ4n) is 1.92. The van der Waals surface area contributed by atoms with Crippen molar-refractivity contribution in [1.29, 1.82) is 0 Å². The van der Waals surface area contributed by atoms with Crippen LogP contribution < -0.4 is 5.32 Å². The first kappa shape index (κ1) is 11.2. The molecule has 2 aromatic carbocycles. The zero-order valence-electron chi connectivity index (χ0n) is 10.2. The lowest BCUT2D eigenvalue weighted by atomic mass is 10.1. The van der Waals surface area contributed by atoms with Crippen LogP contribution in [0.5, 0.6) is 0 Å². The molecule has 2 nitrogen and oxygen atoms in total. The van der Waals surface area contributed by atoms with Crippen LogP contribution in [-0.4, -0.2) is 4.98 Å². The molecule has 3 heteroatoms. The van der Waals surface area contributed by atoms with Crippen molar-refractivity contribution in [2.24, 2.45) is 0 Å². The summed E-state index contributed by atoms with van der Waals surface area (Å²) < 4.78 is 1.21. The Morgan fingerprint density at radius 2 is 1.83 bits per heavy atom. The van der Waals surface area contributed by atoms with Gasteiger partial charge in [-0.05, 0) is 42.3 Å². The highest BCUT2D eigenvalue weighted by molar-refractivity contribution is 7.16. The Balaban J connectivity index is 1.85. The second kappa shape index (κ2) is 4.78. The van der Waals surface area contributed by atoms with Crippen molar-refractivity contribution in [2.45, 2.75) is 13.3 Å². The third kappa shape index (κ3) is 2.22. The van der Waals surface area contributed by atoms with Gasteiger partial charge in [-0.15, -0.1) is 11.3 Å². The van der Waals surface area contributed by atoms with Gasteiger partial charge in [-0.1, -0.05) is 19.1 Å². The second-order valence-corrected chi connectivity index (χ2v) is 5.10. The molecule has 3 rings (SSSR count). The number of aryl methyl sites for hydroxylation is 1. The summed E-state index contributed by atoms with van der Waals surface area (Å²) in [7, 11) is 0. The lowest BCUT2D eigenvalue weighted by Gasteiger charge is -2.07. The first-order chi connectivity index (χ1) is 8.85. The number of thiazole rings is 1. The van der Waals surface area contributed by atoms with Crippen molar-refractivity contribution in [3.8, 4) is 0 Å². The van der Waals surface area contributed by atoms with E-state index in [0.29, 0.717) is 0 Å². The molecule has 0 saturated carbocycles. The molecule has 0 radical (unpaired) electrons. The molecule has 1 N–H and O–H groups in total. The number of hydrogen-bond acceptors (Lipinski definition) is 3. The maximum absolute atomic E-state index is 4.28. The van der Waals surface area contributed by atoms with Gasteiger partial charge in [-0.25, -0.2) is 4.98 Å². The van der Waals surface area contributed by atoms with Crippen molar-refractivity contribution < 1.29 is 0 Å². The summed E-state index contributed by atoms with van der Waals surface area (Å²) in [6.07, 6.45) is 1.08. The quantitative estimate of drug-likeness (QED) is 0.738. The van der Waals surface area contributed by atoms with E-state index in [2.05, 4.69) is 59.7 Å². The maximum Gasteiger partial charge on any atom is 0.0813 e. The molecule has 18 heavy (non-hydrogen) atoms. The Labute approximate surface area is 110 Å². The summed E-state index contributed by atoms with van der Waals surface area (Å²) in [5, 5.41) is 3.42. The fraction of sp³-hybridized carbons (Fsp3) is 0.133. The van der Waals surface area contributed by atoms with E-state index in [4.69, 9.17) is 0 Å². The van der Waals surface area contributed by atoms with Gasteiger partial charge in [0.1, 0.15) is 0 Å². The summed E-state index contributed by atoms with van der Waals surface area (Å²) in [4.78, 5) is 4.28. The van der Waals surface area contributed by atoms with E-state index in [0.717, 1.165) is 23.3 Å². The van der Waals surface area contributed by atoms with Gasteiger partial charge in [-0.2, -0.15) is 0 Å². The lowest BCUT2D eigenvalue weighted by Crippen LogP contribution is -1.90. The van der Waals surface area contributed by atoms with Crippen molar-refractivity contribution >= 4 is 32.9 Å². The van der Waals surface area contributed by atoms with E-state index in [1.54, 1.807) is 11.3 Å². The van der Waals surface area contributed by atoms with Crippen LogP contribution >= 0.6 is 11.3 Å². The molecule has 0 atom stereocenters. The predicted molar refractivity (Wildman–Crippen MR) is 78.7 cm³/mol. The van der Waals surface area contributed by atoms with E-state index >= 15 is 0 Å². The van der Waals surface area contributed by atoms with Gasteiger partial charge in [0.05, 0.1) is 15.7 Å². The molecule has 3 aromatic rings. The van der Waals surface area contributed by atoms with E-state index < -0.39 is 0 Å². The molecule has 90 valence electrons. The molecule has 1 heterocycles. The minimum Gasteiger partial charge on any atom is -0.355 e. The topological polar surface area (TPSA) is 24.9 Å². The number of nitrogens with one attached hydrogen (secondary N) is 1. The summed E-state index contributed by atoms with van der Waals surface area (Å²) in [5.41, 5.74) is 6.53. The largest absolute Gasteiger partial charge is 0.355 e. The normalized spacial score (nSPS) is 10.7. The highest BCUT2D eigenvalue weighted by Gasteiger charge is 1.99. The minimum atomic E-state index is 1.06. The Morgan fingerprint density at radius 3 is 2.61 bits per heavy atom. The van der Waals surface area contributed by atoms with E-state index in [1.807, 2.05) is 5.51 Å². The predicted octanol–water partition coefficient (Wildman–Crippen LogP) is 4.60. The third-order valence-corrected chi connectivity index (χ3v) is 3.77. The van der Waals surface area contributed by atoms with E-state index in [1.165, 1.54) is 10.3 Å². The molecule has 0 aliphatic rings. The highest BCUT2D eigenvalue weighted by Crippen LogP contribution is 2.24. The van der Waals surface area contributed by atoms with Crippen LogP contribution in [-0.2, 0) is 6.42 Å². The zero-order chi connectivity index (χ0) is 12.4. The lowest BCUT2D eigenvalue weighted by molar-refractivity contribution is 1.14. The molecule has 0 aliphatic carbocycles. The zero-order valence-corrected chi connectivity index (χ0v) is 11.0. The SMILES string of the molecule is CCc1ccc(Nc2ccc3ncsc3c2)cc1. The monoisotopic (exact) mass is 254 g/mol. The summed E-state index contributed by atoms with van der Waals surface area (Å²) in [5.74, 6) is 0. The maximum atomic E-state index is 4.28. The van der Waals surface area contributed by atoms with Gasteiger partial charge in [-0.3, -0.25) is 0 Å². The average Bonchev–Trinajstić information content (AvgIpc) is 2.87. The van der Waals surface area contributed by atoms with Crippen molar-refractivity contribution in [2.75, 3.05) is 5.32 Å². The van der Waals surface area contributed by atoms with Crippen molar-refractivity contribution in [3.05, 3.63) is 53.5 Å². The van der Waals surface area contributed by atoms with Crippen LogP contribution in [0.3, 0.4) is 0 Å². The van der Waals surface area contributed by atoms with Gasteiger partial charge >= 0.3 is 0 Å². The number of rotatable bonds is 3. The Hall–Kier alpha value is -1.87. The van der Waals surface area contributed by atoms with Crippen LogP contribution in [0, 0.1) is 0 Å². The number of nitrogens with zero attached hydrogens (tertiary/aromatic N) is 1. The molecule has 0 spiro atoms. The van der Waals surface area contributed by atoms with Gasteiger partial charge in [0.25, 0.3) is 0 Å². The Bertz CT molecular complexity index is 656. The fourth-order valence-corrected chi connectivity index (χ4v) is 2.64. The summed E-state index contributed by atoms with van der Waals surface area (Å²) in [6, 6.07) is 14.8. The molecular weight excluding hydrogens is 240 g/mol. The van der Waals surface area contributed by atoms with Crippen LogP contribution in [0.1, 0.15) is 12.5 Å². The number of fused-ring (bicyclic) bond motifs is 1. The molecular formula is C15H14N2S. The molecule has 0 amide bonds. The number of anilines is 2. The second-order valence-electron chi connectivity index (χ2n) is 4.21. The summed E-state index contributed by atoms with van der Waals surface area (Å²) in [6.45, 7) is 2.17. The molecule has 0 bridgehead atoms. The molecule has 1 aromatic heterocycles. The van der Waals surface area contributed by atoms with E-state index in [-0.39, 0.29) is 0 Å². The van der Waals surface area contributed by atoms with Crippen LogP contribution in [0.4, 0.5) is 11.4 Å². The van der Waals surface area contributed by atoms with Crippen LogP contribution in [0.25, 0.3) is 10.2 Å². The first-order valence-electron chi connectivity index (χ1n) is 6.04. The molecule has 0 saturated heterocycles. The molecule has 0 aliphatic heterocycles. The number of aromatic nitrogens is 1. The molecule has 0 unspecified atom stereocenters. The van der Waals surface area contributed by atoms with Crippen molar-refractivity contribution in [1.82, 2.24) is 4.98 Å². The number of benzene rings is 2. The molecule has 0 fully saturated rings. The standard InChI is InChI=1S/C15H14N2S/c1-2-11-3-5-12(6-4-11)17-13-7-8-14-15(9-13)18-10-16-14/h3-10,17H,2H2,1H3.